The molecule has 0 saturated carbocycles. The molecular formula is C14H36N2O. The number of hydrogen-bond acceptors (Lipinski definition) is 2. The molecule has 0 aromatic heterocycles. The summed E-state index contributed by atoms with van der Waals surface area (Å²) in [7, 11) is 3.98. The van der Waals surface area contributed by atoms with Crippen molar-refractivity contribution in [3.63, 3.8) is 0 Å². The molecule has 0 fully saturated rings. The first kappa shape index (κ1) is 25.3. The lowest BCUT2D eigenvalue weighted by Crippen LogP contribution is -2.33. The molecule has 0 aromatic rings. The first-order valence-corrected chi connectivity index (χ1v) is 6.96. The van der Waals surface area contributed by atoms with Gasteiger partial charge in [-0.25, -0.2) is 0 Å². The van der Waals surface area contributed by atoms with Crippen LogP contribution >= 0.6 is 0 Å². The maximum atomic E-state index is 11.0. The Kier molecular flexibility index (Phi) is 36.6. The lowest BCUT2D eigenvalue weighted by atomic mass is 10.2. The standard InChI is InChI=1S/C8H18N2O.3C2H6/c1-7(2)8(11)9-5-6-10(3)4;3*1-2/h7H,5-6H2,1-4H3,(H,9,11);3*1-2H3. The van der Waals surface area contributed by atoms with E-state index in [0.717, 1.165) is 13.1 Å². The summed E-state index contributed by atoms with van der Waals surface area (Å²) < 4.78 is 0. The lowest BCUT2D eigenvalue weighted by Gasteiger charge is -2.11. The number of nitrogens with zero attached hydrogens (tertiary/aromatic N) is 1. The van der Waals surface area contributed by atoms with E-state index in [4.69, 9.17) is 0 Å². The number of hydrogen-bond donors (Lipinski definition) is 1. The van der Waals surface area contributed by atoms with Crippen molar-refractivity contribution < 1.29 is 4.79 Å². The molecule has 3 heteroatoms. The van der Waals surface area contributed by atoms with Crippen LogP contribution in [0.1, 0.15) is 55.4 Å². The monoisotopic (exact) mass is 248 g/mol. The molecule has 108 valence electrons. The van der Waals surface area contributed by atoms with Gasteiger partial charge in [-0.3, -0.25) is 4.79 Å². The zero-order valence-electron chi connectivity index (χ0n) is 13.8. The van der Waals surface area contributed by atoms with Crippen molar-refractivity contribution in [2.24, 2.45) is 5.92 Å². The van der Waals surface area contributed by atoms with E-state index in [1.165, 1.54) is 0 Å². The Morgan fingerprint density at radius 3 is 1.59 bits per heavy atom. The summed E-state index contributed by atoms with van der Waals surface area (Å²) >= 11 is 0. The SMILES string of the molecule is CC.CC.CC.CC(C)C(=O)NCCN(C)C. The van der Waals surface area contributed by atoms with Gasteiger partial charge in [-0.05, 0) is 14.1 Å². The number of amides is 1. The molecular weight excluding hydrogens is 212 g/mol. The number of rotatable bonds is 4. The second kappa shape index (κ2) is 24.6. The summed E-state index contributed by atoms with van der Waals surface area (Å²) in [5, 5.41) is 2.83. The van der Waals surface area contributed by atoms with E-state index in [0.29, 0.717) is 0 Å². The van der Waals surface area contributed by atoms with Crippen molar-refractivity contribution in [3.05, 3.63) is 0 Å². The van der Waals surface area contributed by atoms with E-state index in [9.17, 15) is 4.79 Å². The van der Waals surface area contributed by atoms with Gasteiger partial charge in [-0.15, -0.1) is 0 Å². The van der Waals surface area contributed by atoms with Gasteiger partial charge in [0, 0.05) is 19.0 Å². The Morgan fingerprint density at radius 2 is 1.35 bits per heavy atom. The fourth-order valence-electron chi connectivity index (χ4n) is 0.607. The van der Waals surface area contributed by atoms with Crippen molar-refractivity contribution >= 4 is 5.91 Å². The van der Waals surface area contributed by atoms with Crippen LogP contribution < -0.4 is 5.32 Å². The molecule has 17 heavy (non-hydrogen) atoms. The summed E-state index contributed by atoms with van der Waals surface area (Å²) in [6.07, 6.45) is 0. The van der Waals surface area contributed by atoms with Crippen LogP contribution in [0.5, 0.6) is 0 Å². The lowest BCUT2D eigenvalue weighted by molar-refractivity contribution is -0.123. The van der Waals surface area contributed by atoms with Crippen LogP contribution in [0.2, 0.25) is 0 Å². The normalized spacial score (nSPS) is 8.00. The van der Waals surface area contributed by atoms with Crippen LogP contribution in [0, 0.1) is 5.92 Å². The highest BCUT2D eigenvalue weighted by Gasteiger charge is 2.04. The molecule has 0 aliphatic carbocycles. The fourth-order valence-corrected chi connectivity index (χ4v) is 0.607. The maximum absolute atomic E-state index is 11.0. The molecule has 0 rings (SSSR count). The van der Waals surface area contributed by atoms with Crippen LogP contribution in [0.3, 0.4) is 0 Å². The molecule has 0 bridgehead atoms. The Balaban J connectivity index is -0.000000121. The van der Waals surface area contributed by atoms with Crippen molar-refractivity contribution in [2.45, 2.75) is 55.4 Å². The quantitative estimate of drug-likeness (QED) is 0.827. The number of carbonyl (C=O) groups excluding carboxylic acids is 1. The first-order chi connectivity index (χ1) is 8.04. The van der Waals surface area contributed by atoms with Crippen LogP contribution in [-0.2, 0) is 4.79 Å². The molecule has 0 radical (unpaired) electrons. The van der Waals surface area contributed by atoms with Crippen molar-refractivity contribution in [2.75, 3.05) is 27.2 Å². The molecule has 0 heterocycles. The predicted octanol–water partition coefficient (Wildman–Crippen LogP) is 3.40. The van der Waals surface area contributed by atoms with Crippen molar-refractivity contribution in [1.29, 1.82) is 0 Å². The second-order valence-corrected chi connectivity index (χ2v) is 3.25. The minimum atomic E-state index is 0.0946. The molecule has 0 spiro atoms. The van der Waals surface area contributed by atoms with E-state index >= 15 is 0 Å². The predicted molar refractivity (Wildman–Crippen MR) is 80.4 cm³/mol. The average Bonchev–Trinajstić information content (AvgIpc) is 2.36. The first-order valence-electron chi connectivity index (χ1n) is 6.96. The topological polar surface area (TPSA) is 32.3 Å². The second-order valence-electron chi connectivity index (χ2n) is 3.25. The Bertz CT molecular complexity index is 123. The highest BCUT2D eigenvalue weighted by atomic mass is 16.1. The third kappa shape index (κ3) is 31.3. The molecule has 0 unspecified atom stereocenters. The van der Waals surface area contributed by atoms with Gasteiger partial charge in [0.05, 0.1) is 0 Å². The van der Waals surface area contributed by atoms with Crippen LogP contribution in [0.25, 0.3) is 0 Å². The summed E-state index contributed by atoms with van der Waals surface area (Å²) in [5.41, 5.74) is 0. The Hall–Kier alpha value is -0.570. The van der Waals surface area contributed by atoms with E-state index < -0.39 is 0 Å². The smallest absolute Gasteiger partial charge is 0.222 e. The maximum Gasteiger partial charge on any atom is 0.222 e. The van der Waals surface area contributed by atoms with E-state index in [1.54, 1.807) is 0 Å². The minimum absolute atomic E-state index is 0.0946. The highest BCUT2D eigenvalue weighted by Crippen LogP contribution is 1.89. The Labute approximate surface area is 110 Å². The molecule has 0 aromatic carbocycles. The third-order valence-electron chi connectivity index (χ3n) is 1.38. The molecule has 0 saturated heterocycles. The highest BCUT2D eigenvalue weighted by molar-refractivity contribution is 5.77. The minimum Gasteiger partial charge on any atom is -0.355 e. The Morgan fingerprint density at radius 1 is 1.00 bits per heavy atom. The molecule has 1 amide bonds. The van der Waals surface area contributed by atoms with Crippen molar-refractivity contribution in [3.8, 4) is 0 Å². The fraction of sp³-hybridized carbons (Fsp3) is 0.929. The van der Waals surface area contributed by atoms with Gasteiger partial charge in [0.25, 0.3) is 0 Å². The van der Waals surface area contributed by atoms with E-state index in [1.807, 2.05) is 74.4 Å². The number of likely N-dealkylation sites (N-methyl/N-ethyl adjacent to an activating group) is 1. The summed E-state index contributed by atoms with van der Waals surface area (Å²) in [6, 6.07) is 0. The summed E-state index contributed by atoms with van der Waals surface area (Å²) in [6.45, 7) is 17.4. The molecule has 1 N–H and O–H groups in total. The van der Waals surface area contributed by atoms with Gasteiger partial charge in [0.15, 0.2) is 0 Å². The van der Waals surface area contributed by atoms with Crippen molar-refractivity contribution in [1.82, 2.24) is 10.2 Å². The molecule has 0 aliphatic rings. The third-order valence-corrected chi connectivity index (χ3v) is 1.38. The zero-order valence-corrected chi connectivity index (χ0v) is 13.8. The number of nitrogens with one attached hydrogen (secondary N) is 1. The van der Waals surface area contributed by atoms with Gasteiger partial charge in [-0.1, -0.05) is 55.4 Å². The van der Waals surface area contributed by atoms with Gasteiger partial charge in [-0.2, -0.15) is 0 Å². The molecule has 3 nitrogen and oxygen atoms in total. The summed E-state index contributed by atoms with van der Waals surface area (Å²) in [4.78, 5) is 13.0. The van der Waals surface area contributed by atoms with Crippen LogP contribution in [0.15, 0.2) is 0 Å². The molecule has 0 aliphatic heterocycles. The summed E-state index contributed by atoms with van der Waals surface area (Å²) in [5.74, 6) is 0.226. The van der Waals surface area contributed by atoms with E-state index in [2.05, 4.69) is 5.32 Å². The van der Waals surface area contributed by atoms with Gasteiger partial charge < -0.3 is 10.2 Å². The van der Waals surface area contributed by atoms with E-state index in [-0.39, 0.29) is 11.8 Å². The molecule has 0 atom stereocenters. The van der Waals surface area contributed by atoms with Gasteiger partial charge >= 0.3 is 0 Å². The number of carbonyl (C=O) groups is 1. The van der Waals surface area contributed by atoms with Crippen LogP contribution in [0.4, 0.5) is 0 Å². The van der Waals surface area contributed by atoms with Crippen LogP contribution in [-0.4, -0.2) is 38.0 Å². The zero-order chi connectivity index (χ0) is 14.9. The van der Waals surface area contributed by atoms with Gasteiger partial charge in [0.2, 0.25) is 5.91 Å². The van der Waals surface area contributed by atoms with Gasteiger partial charge in [0.1, 0.15) is 0 Å². The largest absolute Gasteiger partial charge is 0.355 e. The average molecular weight is 248 g/mol.